The third-order valence-electron chi connectivity index (χ3n) is 5.31. The molecule has 3 aromatic rings. The summed E-state index contributed by atoms with van der Waals surface area (Å²) in [4.78, 5) is 41.5. The van der Waals surface area contributed by atoms with Crippen LogP contribution in [0.4, 0.5) is 0 Å². The van der Waals surface area contributed by atoms with Gasteiger partial charge in [0.1, 0.15) is 11.5 Å². The summed E-state index contributed by atoms with van der Waals surface area (Å²) in [6, 6.07) is 13.3. The summed E-state index contributed by atoms with van der Waals surface area (Å²) in [5, 5.41) is 11.9. The maximum Gasteiger partial charge on any atom is 0.308 e. The molecule has 2 heterocycles. The van der Waals surface area contributed by atoms with Crippen LogP contribution in [0.5, 0.6) is 5.75 Å². The molecule has 2 N–H and O–H groups in total. The fourth-order valence-electron chi connectivity index (χ4n) is 3.99. The monoisotopic (exact) mass is 418 g/mol. The van der Waals surface area contributed by atoms with Crippen LogP contribution in [0.3, 0.4) is 0 Å². The van der Waals surface area contributed by atoms with Crippen molar-refractivity contribution in [2.45, 2.75) is 26.3 Å². The van der Waals surface area contributed by atoms with Gasteiger partial charge in [0.15, 0.2) is 0 Å². The number of nitrogens with one attached hydrogen (secondary N) is 1. The molecule has 1 saturated heterocycles. The summed E-state index contributed by atoms with van der Waals surface area (Å²) in [5.74, 6) is -1.66. The first kappa shape index (κ1) is 20.4. The highest BCUT2D eigenvalue weighted by molar-refractivity contribution is 6.46. The zero-order chi connectivity index (χ0) is 22.1. The number of aliphatic hydroxyl groups excluding tert-OH is 1. The molecule has 0 spiro atoms. The first-order chi connectivity index (χ1) is 14.9. The first-order valence-corrected chi connectivity index (χ1v) is 10.1. The second-order valence-corrected chi connectivity index (χ2v) is 7.40. The van der Waals surface area contributed by atoms with Crippen LogP contribution in [-0.2, 0) is 14.4 Å². The SMILES string of the molecule is CCCN1C(=O)C(=O)/C(=C(\O)c2c[nH]c3ccccc23)C1c1ccc(OC(C)=O)cc1. The van der Waals surface area contributed by atoms with Crippen LogP contribution in [0.2, 0.25) is 0 Å². The predicted molar refractivity (Wildman–Crippen MR) is 115 cm³/mol. The summed E-state index contributed by atoms with van der Waals surface area (Å²) in [6.07, 6.45) is 2.29. The van der Waals surface area contributed by atoms with Crippen LogP contribution in [0, 0.1) is 0 Å². The Morgan fingerprint density at radius 3 is 2.52 bits per heavy atom. The van der Waals surface area contributed by atoms with E-state index in [1.54, 1.807) is 30.5 Å². The largest absolute Gasteiger partial charge is 0.507 e. The van der Waals surface area contributed by atoms with Crippen LogP contribution in [0.1, 0.15) is 37.4 Å². The molecule has 7 nitrogen and oxygen atoms in total. The number of Topliss-reactive ketones (excluding diaryl/α,β-unsaturated/α-hetero) is 1. The molecule has 7 heteroatoms. The molecule has 1 unspecified atom stereocenters. The maximum absolute atomic E-state index is 13.0. The van der Waals surface area contributed by atoms with Crippen LogP contribution < -0.4 is 4.74 Å². The fourth-order valence-corrected chi connectivity index (χ4v) is 3.99. The van der Waals surface area contributed by atoms with E-state index in [-0.39, 0.29) is 11.3 Å². The van der Waals surface area contributed by atoms with Gasteiger partial charge in [-0.15, -0.1) is 0 Å². The summed E-state index contributed by atoms with van der Waals surface area (Å²) in [6.45, 7) is 3.59. The zero-order valence-corrected chi connectivity index (χ0v) is 17.2. The molecule has 0 radical (unpaired) electrons. The summed E-state index contributed by atoms with van der Waals surface area (Å²) in [7, 11) is 0. The van der Waals surface area contributed by atoms with Gasteiger partial charge in [0.2, 0.25) is 0 Å². The molecular formula is C24H22N2O5. The van der Waals surface area contributed by atoms with E-state index in [4.69, 9.17) is 4.74 Å². The number of hydrogen-bond acceptors (Lipinski definition) is 5. The number of aromatic nitrogens is 1. The van der Waals surface area contributed by atoms with Gasteiger partial charge >= 0.3 is 5.97 Å². The number of esters is 1. The number of fused-ring (bicyclic) bond motifs is 1. The van der Waals surface area contributed by atoms with E-state index in [2.05, 4.69) is 4.98 Å². The van der Waals surface area contributed by atoms with Crippen molar-refractivity contribution in [3.8, 4) is 5.75 Å². The van der Waals surface area contributed by atoms with Gasteiger partial charge in [-0.1, -0.05) is 37.3 Å². The Morgan fingerprint density at radius 1 is 1.13 bits per heavy atom. The number of rotatable bonds is 5. The molecule has 158 valence electrons. The topological polar surface area (TPSA) is 99.7 Å². The van der Waals surface area contributed by atoms with Gasteiger partial charge in [0, 0.05) is 36.1 Å². The number of amides is 1. The third kappa shape index (κ3) is 3.59. The number of ether oxygens (including phenoxy) is 1. The molecular weight excluding hydrogens is 396 g/mol. The van der Waals surface area contributed by atoms with E-state index in [1.165, 1.54) is 11.8 Å². The van der Waals surface area contributed by atoms with Crippen molar-refractivity contribution in [1.29, 1.82) is 0 Å². The maximum atomic E-state index is 13.0. The quantitative estimate of drug-likeness (QED) is 0.215. The highest BCUT2D eigenvalue weighted by atomic mass is 16.5. The van der Waals surface area contributed by atoms with E-state index in [0.29, 0.717) is 29.8 Å². The minimum atomic E-state index is -0.736. The number of hydrogen-bond donors (Lipinski definition) is 2. The second-order valence-electron chi connectivity index (χ2n) is 7.40. The normalized spacial score (nSPS) is 18.0. The van der Waals surface area contributed by atoms with Gasteiger partial charge in [-0.05, 0) is 30.2 Å². The van der Waals surface area contributed by atoms with Crippen LogP contribution in [0.15, 0.2) is 60.3 Å². The van der Waals surface area contributed by atoms with Gasteiger partial charge in [-0.2, -0.15) is 0 Å². The number of para-hydroxylation sites is 1. The summed E-state index contributed by atoms with van der Waals surface area (Å²) in [5.41, 5.74) is 1.97. The molecule has 31 heavy (non-hydrogen) atoms. The Kier molecular flexibility index (Phi) is 5.33. The van der Waals surface area contributed by atoms with Gasteiger partial charge in [0.25, 0.3) is 11.7 Å². The average Bonchev–Trinajstić information content (AvgIpc) is 3.29. The number of benzene rings is 2. The lowest BCUT2D eigenvalue weighted by Gasteiger charge is -2.25. The molecule has 1 aliphatic heterocycles. The average molecular weight is 418 g/mol. The predicted octanol–water partition coefficient (Wildman–Crippen LogP) is 3.92. The molecule has 2 aromatic carbocycles. The van der Waals surface area contributed by atoms with Crippen LogP contribution in [0.25, 0.3) is 16.7 Å². The molecule has 1 atom stereocenters. The number of ketones is 1. The van der Waals surface area contributed by atoms with Crippen molar-refractivity contribution in [3.05, 3.63) is 71.4 Å². The molecule has 1 fully saturated rings. The smallest absolute Gasteiger partial charge is 0.308 e. The van der Waals surface area contributed by atoms with E-state index >= 15 is 0 Å². The molecule has 0 bridgehead atoms. The Morgan fingerprint density at radius 2 is 1.84 bits per heavy atom. The highest BCUT2D eigenvalue weighted by Gasteiger charge is 2.45. The van der Waals surface area contributed by atoms with Gasteiger partial charge < -0.3 is 19.7 Å². The van der Waals surface area contributed by atoms with Crippen molar-refractivity contribution in [2.24, 2.45) is 0 Å². The third-order valence-corrected chi connectivity index (χ3v) is 5.31. The standard InChI is InChI=1S/C24H22N2O5/c1-3-12-26-21(15-8-10-16(11-9-15)31-14(2)27)20(23(29)24(26)30)22(28)18-13-25-19-7-5-4-6-17(18)19/h4-11,13,21,25,28H,3,12H2,1-2H3/b22-20-. The second kappa shape index (κ2) is 8.10. The van der Waals surface area contributed by atoms with Crippen molar-refractivity contribution in [2.75, 3.05) is 6.54 Å². The van der Waals surface area contributed by atoms with E-state index in [1.807, 2.05) is 31.2 Å². The minimum Gasteiger partial charge on any atom is -0.507 e. The van der Waals surface area contributed by atoms with Gasteiger partial charge in [-0.3, -0.25) is 14.4 Å². The molecule has 1 amide bonds. The van der Waals surface area contributed by atoms with E-state index < -0.39 is 23.7 Å². The highest BCUT2D eigenvalue weighted by Crippen LogP contribution is 2.40. The van der Waals surface area contributed by atoms with Gasteiger partial charge in [-0.25, -0.2) is 0 Å². The van der Waals surface area contributed by atoms with Crippen LogP contribution >= 0.6 is 0 Å². The van der Waals surface area contributed by atoms with E-state index in [0.717, 1.165) is 10.9 Å². The van der Waals surface area contributed by atoms with Crippen molar-refractivity contribution >= 4 is 34.3 Å². The molecule has 4 rings (SSSR count). The Bertz CT molecular complexity index is 1210. The first-order valence-electron chi connectivity index (χ1n) is 10.1. The van der Waals surface area contributed by atoms with Crippen molar-refractivity contribution < 1.29 is 24.2 Å². The molecule has 0 saturated carbocycles. The summed E-state index contributed by atoms with van der Waals surface area (Å²) < 4.78 is 5.08. The molecule has 1 aromatic heterocycles. The number of aromatic amines is 1. The lowest BCUT2D eigenvalue weighted by molar-refractivity contribution is -0.139. The molecule has 1 aliphatic rings. The molecule has 0 aliphatic carbocycles. The Hall–Kier alpha value is -3.87. The van der Waals surface area contributed by atoms with Crippen LogP contribution in [-0.4, -0.2) is 39.2 Å². The lowest BCUT2D eigenvalue weighted by Crippen LogP contribution is -2.30. The summed E-state index contributed by atoms with van der Waals surface area (Å²) >= 11 is 0. The number of nitrogens with zero attached hydrogens (tertiary/aromatic N) is 1. The minimum absolute atomic E-state index is 0.0449. The Balaban J connectivity index is 1.86. The zero-order valence-electron chi connectivity index (χ0n) is 17.2. The Labute approximate surface area is 178 Å². The fraction of sp³-hybridized carbons (Fsp3) is 0.208. The number of likely N-dealkylation sites (tertiary alicyclic amines) is 1. The van der Waals surface area contributed by atoms with Crippen molar-refractivity contribution in [1.82, 2.24) is 9.88 Å². The van der Waals surface area contributed by atoms with Gasteiger partial charge in [0.05, 0.1) is 11.6 Å². The lowest BCUT2D eigenvalue weighted by atomic mass is 9.95. The number of carbonyl (C=O) groups excluding carboxylic acids is 3. The number of aliphatic hydroxyl groups is 1. The number of H-pyrrole nitrogens is 1. The van der Waals surface area contributed by atoms with E-state index in [9.17, 15) is 19.5 Å². The number of carbonyl (C=O) groups is 3. The van der Waals surface area contributed by atoms with Crippen molar-refractivity contribution in [3.63, 3.8) is 0 Å².